The van der Waals surface area contributed by atoms with Gasteiger partial charge >= 0.3 is 5.69 Å². The molecule has 0 aromatic heterocycles. The van der Waals surface area contributed by atoms with Crippen LogP contribution in [0.4, 0.5) is 11.4 Å². The minimum absolute atomic E-state index is 0.00481. The van der Waals surface area contributed by atoms with Crippen molar-refractivity contribution in [2.24, 2.45) is 5.10 Å². The van der Waals surface area contributed by atoms with Gasteiger partial charge in [-0.1, -0.05) is 24.3 Å². The van der Waals surface area contributed by atoms with E-state index in [1.54, 1.807) is 30.3 Å². The Kier molecular flexibility index (Phi) is 6.38. The number of ether oxygens (including phenoxy) is 1. The Bertz CT molecular complexity index is 833. The second kappa shape index (κ2) is 8.92. The smallest absolute Gasteiger partial charge is 0.310 e. The lowest BCUT2D eigenvalue weighted by Crippen LogP contribution is -2.24. The minimum Gasteiger partial charge on any atom is -0.477 e. The number of hydrazone groups is 1. The molecule has 9 nitrogen and oxygen atoms in total. The van der Waals surface area contributed by atoms with Crippen LogP contribution in [0, 0.1) is 10.1 Å². The number of hydrogen-bond donors (Lipinski definition) is 2. The molecule has 0 radical (unpaired) electrons. The molecule has 0 spiro atoms. The van der Waals surface area contributed by atoms with Crippen molar-refractivity contribution in [3.63, 3.8) is 0 Å². The number of hydrogen-bond acceptors (Lipinski definition) is 6. The fourth-order valence-electron chi connectivity index (χ4n) is 1.94. The Morgan fingerprint density at radius 2 is 1.88 bits per heavy atom. The number of nitro groups is 1. The number of anilines is 1. The fraction of sp³-hybridized carbons (Fsp3) is 0.118. The first-order valence-corrected chi connectivity index (χ1v) is 7.51. The van der Waals surface area contributed by atoms with E-state index in [9.17, 15) is 19.7 Å². The molecular formula is C17H16N4O5. The van der Waals surface area contributed by atoms with Gasteiger partial charge in [0, 0.05) is 18.7 Å². The summed E-state index contributed by atoms with van der Waals surface area (Å²) in [6.07, 6.45) is 1.42. The Morgan fingerprint density at radius 1 is 1.19 bits per heavy atom. The molecule has 0 saturated carbocycles. The van der Waals surface area contributed by atoms with Gasteiger partial charge in [-0.05, 0) is 23.8 Å². The number of carbonyl (C=O) groups excluding carboxylic acids is 2. The maximum absolute atomic E-state index is 11.7. The molecule has 134 valence electrons. The lowest BCUT2D eigenvalue weighted by molar-refractivity contribution is -0.385. The summed E-state index contributed by atoms with van der Waals surface area (Å²) in [6, 6.07) is 12.6. The molecule has 0 atom stereocenters. The summed E-state index contributed by atoms with van der Waals surface area (Å²) in [6.45, 7) is 1.00. The van der Waals surface area contributed by atoms with Crippen molar-refractivity contribution in [2.45, 2.75) is 6.92 Å². The summed E-state index contributed by atoms with van der Waals surface area (Å²) < 4.78 is 5.15. The van der Waals surface area contributed by atoms with Crippen molar-refractivity contribution in [2.75, 3.05) is 11.9 Å². The first-order valence-electron chi connectivity index (χ1n) is 7.51. The standard InChI is InChI=1S/C17H16N4O5/c1-12(22)19-14-8-6-13(7-9-14)10-18-20-17(23)11-26-16-5-3-2-4-15(16)21(24)25/h2-10H,11H2,1H3,(H,19,22)(H,20,23)/b18-10-. The molecule has 26 heavy (non-hydrogen) atoms. The number of benzene rings is 2. The average Bonchev–Trinajstić information content (AvgIpc) is 2.61. The van der Waals surface area contributed by atoms with Crippen molar-refractivity contribution < 1.29 is 19.2 Å². The summed E-state index contributed by atoms with van der Waals surface area (Å²) >= 11 is 0. The monoisotopic (exact) mass is 356 g/mol. The van der Waals surface area contributed by atoms with Gasteiger partial charge in [0.2, 0.25) is 5.91 Å². The number of para-hydroxylation sites is 2. The average molecular weight is 356 g/mol. The van der Waals surface area contributed by atoms with E-state index >= 15 is 0 Å². The number of nitrogens with zero attached hydrogens (tertiary/aromatic N) is 2. The van der Waals surface area contributed by atoms with Crippen LogP contribution < -0.4 is 15.5 Å². The van der Waals surface area contributed by atoms with Crippen molar-refractivity contribution in [3.05, 3.63) is 64.2 Å². The van der Waals surface area contributed by atoms with Gasteiger partial charge in [0.1, 0.15) is 0 Å². The van der Waals surface area contributed by atoms with E-state index in [1.807, 2.05) is 0 Å². The second-order valence-electron chi connectivity index (χ2n) is 5.11. The van der Waals surface area contributed by atoms with Crippen molar-refractivity contribution in [1.29, 1.82) is 0 Å². The molecule has 0 aliphatic rings. The van der Waals surface area contributed by atoms with Gasteiger partial charge in [-0.25, -0.2) is 5.43 Å². The molecule has 0 heterocycles. The number of rotatable bonds is 7. The highest BCUT2D eigenvalue weighted by molar-refractivity contribution is 5.89. The SMILES string of the molecule is CC(=O)Nc1ccc(/C=N\NC(=O)COc2ccccc2[N+](=O)[O-])cc1. The normalized spacial score (nSPS) is 10.3. The van der Waals surface area contributed by atoms with Crippen molar-refractivity contribution in [1.82, 2.24) is 5.43 Å². The van der Waals surface area contributed by atoms with Crippen LogP contribution in [0.3, 0.4) is 0 Å². The zero-order valence-electron chi connectivity index (χ0n) is 13.8. The quantitative estimate of drug-likeness (QED) is 0.447. The lowest BCUT2D eigenvalue weighted by atomic mass is 10.2. The summed E-state index contributed by atoms with van der Waals surface area (Å²) in [5.74, 6) is -0.725. The molecule has 2 rings (SSSR count). The van der Waals surface area contributed by atoms with E-state index in [4.69, 9.17) is 4.74 Å². The Labute approximate surface area is 148 Å². The highest BCUT2D eigenvalue weighted by atomic mass is 16.6. The van der Waals surface area contributed by atoms with Crippen LogP contribution in [0.1, 0.15) is 12.5 Å². The summed E-state index contributed by atoms with van der Waals surface area (Å²) in [5, 5.41) is 17.3. The molecule has 2 aromatic carbocycles. The van der Waals surface area contributed by atoms with E-state index in [0.717, 1.165) is 0 Å². The summed E-state index contributed by atoms with van der Waals surface area (Å²) in [5.41, 5.74) is 3.40. The molecule has 2 N–H and O–H groups in total. The predicted molar refractivity (Wildman–Crippen MR) is 95.1 cm³/mol. The van der Waals surface area contributed by atoms with Crippen LogP contribution in [0.15, 0.2) is 53.6 Å². The van der Waals surface area contributed by atoms with Gasteiger partial charge in [0.25, 0.3) is 5.91 Å². The third-order valence-corrected chi connectivity index (χ3v) is 3.05. The molecule has 9 heteroatoms. The van der Waals surface area contributed by atoms with Crippen LogP contribution >= 0.6 is 0 Å². The van der Waals surface area contributed by atoms with Gasteiger partial charge in [-0.3, -0.25) is 19.7 Å². The summed E-state index contributed by atoms with van der Waals surface area (Å²) in [7, 11) is 0. The molecule has 0 aliphatic carbocycles. The highest BCUT2D eigenvalue weighted by Crippen LogP contribution is 2.25. The molecule has 0 aliphatic heterocycles. The first kappa shape index (κ1) is 18.6. The second-order valence-corrected chi connectivity index (χ2v) is 5.11. The van der Waals surface area contributed by atoms with Crippen LogP contribution in [0.25, 0.3) is 0 Å². The fourth-order valence-corrected chi connectivity index (χ4v) is 1.94. The molecule has 2 amide bonds. The van der Waals surface area contributed by atoms with Crippen LogP contribution in [0.5, 0.6) is 5.75 Å². The van der Waals surface area contributed by atoms with Gasteiger partial charge < -0.3 is 10.1 Å². The van der Waals surface area contributed by atoms with Crippen molar-refractivity contribution in [3.8, 4) is 5.75 Å². The Hall–Kier alpha value is -3.75. The largest absolute Gasteiger partial charge is 0.477 e. The first-order chi connectivity index (χ1) is 12.5. The zero-order valence-corrected chi connectivity index (χ0v) is 13.8. The number of nitro benzene ring substituents is 1. The van der Waals surface area contributed by atoms with Gasteiger partial charge in [-0.15, -0.1) is 0 Å². The van der Waals surface area contributed by atoms with Gasteiger partial charge in [0.05, 0.1) is 11.1 Å². The number of carbonyl (C=O) groups is 2. The number of amides is 2. The molecule has 2 aromatic rings. The van der Waals surface area contributed by atoms with E-state index in [-0.39, 0.29) is 17.3 Å². The third-order valence-electron chi connectivity index (χ3n) is 3.05. The molecular weight excluding hydrogens is 340 g/mol. The molecule has 0 fully saturated rings. The van der Waals surface area contributed by atoms with E-state index < -0.39 is 17.4 Å². The predicted octanol–water partition coefficient (Wildman–Crippen LogP) is 2.08. The molecule has 0 saturated heterocycles. The van der Waals surface area contributed by atoms with E-state index in [2.05, 4.69) is 15.8 Å². The summed E-state index contributed by atoms with van der Waals surface area (Å²) in [4.78, 5) is 32.9. The molecule has 0 unspecified atom stereocenters. The topological polar surface area (TPSA) is 123 Å². The zero-order chi connectivity index (χ0) is 18.9. The third kappa shape index (κ3) is 5.71. The Morgan fingerprint density at radius 3 is 2.54 bits per heavy atom. The van der Waals surface area contributed by atoms with E-state index in [1.165, 1.54) is 31.3 Å². The van der Waals surface area contributed by atoms with Gasteiger partial charge in [0.15, 0.2) is 12.4 Å². The maximum atomic E-state index is 11.7. The Balaban J connectivity index is 1.84. The maximum Gasteiger partial charge on any atom is 0.310 e. The lowest BCUT2D eigenvalue weighted by Gasteiger charge is -2.05. The van der Waals surface area contributed by atoms with Gasteiger partial charge in [-0.2, -0.15) is 5.10 Å². The van der Waals surface area contributed by atoms with E-state index in [0.29, 0.717) is 11.3 Å². The van der Waals surface area contributed by atoms with Crippen LogP contribution in [0.2, 0.25) is 0 Å². The van der Waals surface area contributed by atoms with Crippen molar-refractivity contribution >= 4 is 29.4 Å². The highest BCUT2D eigenvalue weighted by Gasteiger charge is 2.14. The minimum atomic E-state index is -0.587. The van der Waals surface area contributed by atoms with Crippen LogP contribution in [-0.2, 0) is 9.59 Å². The number of nitrogens with one attached hydrogen (secondary N) is 2. The van der Waals surface area contributed by atoms with Crippen LogP contribution in [-0.4, -0.2) is 29.6 Å². The molecule has 0 bridgehead atoms.